The van der Waals surface area contributed by atoms with Gasteiger partial charge in [0.05, 0.1) is 23.1 Å². The molecule has 0 unspecified atom stereocenters. The fraction of sp³-hybridized carbons (Fsp3) is 0.550. The zero-order valence-electron chi connectivity index (χ0n) is 18.4. The van der Waals surface area contributed by atoms with Gasteiger partial charge in [-0.05, 0) is 59.1 Å². The van der Waals surface area contributed by atoms with Gasteiger partial charge in [-0.15, -0.1) is 0 Å². The summed E-state index contributed by atoms with van der Waals surface area (Å²) in [5.74, 6) is -1.07. The molecule has 0 bridgehead atoms. The van der Waals surface area contributed by atoms with E-state index in [9.17, 15) is 18.0 Å². The minimum atomic E-state index is -3.93. The summed E-state index contributed by atoms with van der Waals surface area (Å²) in [6.45, 7) is 5.24. The summed E-state index contributed by atoms with van der Waals surface area (Å²) in [7, 11) is 1.03. The van der Waals surface area contributed by atoms with Gasteiger partial charge >= 0.3 is 5.97 Å². The number of nitrogens with zero attached hydrogens (tertiary/aromatic N) is 4. The number of hydrogen-bond acceptors (Lipinski definition) is 7. The van der Waals surface area contributed by atoms with Gasteiger partial charge in [-0.2, -0.15) is 9.57 Å². The van der Waals surface area contributed by atoms with E-state index in [1.165, 1.54) is 36.2 Å². The standard InChI is InChI=1S/C20H30N4O5S/c1-20(2,3)29-19(26)15-24(12-11-22(4)5)18(25)14-23(6)30(27,28)17-9-7-16(13-21)8-10-17/h7-10H,11-12,14-15H2,1-6H3. The van der Waals surface area contributed by atoms with Crippen molar-refractivity contribution in [1.29, 1.82) is 5.26 Å². The molecule has 1 aromatic rings. The Labute approximate surface area is 178 Å². The molecule has 0 aliphatic heterocycles. The van der Waals surface area contributed by atoms with Crippen molar-refractivity contribution < 1.29 is 22.7 Å². The molecule has 1 aromatic carbocycles. The van der Waals surface area contributed by atoms with Crippen molar-refractivity contribution >= 4 is 21.9 Å². The molecular weight excluding hydrogens is 408 g/mol. The van der Waals surface area contributed by atoms with Crippen LogP contribution >= 0.6 is 0 Å². The average molecular weight is 439 g/mol. The van der Waals surface area contributed by atoms with Crippen molar-refractivity contribution in [2.24, 2.45) is 0 Å². The van der Waals surface area contributed by atoms with E-state index in [-0.39, 0.29) is 18.0 Å². The lowest BCUT2D eigenvalue weighted by Gasteiger charge is -2.27. The first-order chi connectivity index (χ1) is 13.8. The van der Waals surface area contributed by atoms with Gasteiger partial charge in [0.2, 0.25) is 15.9 Å². The lowest BCUT2D eigenvalue weighted by Crippen LogP contribution is -2.46. The van der Waals surface area contributed by atoms with Crippen LogP contribution in [0.25, 0.3) is 0 Å². The summed E-state index contributed by atoms with van der Waals surface area (Å²) >= 11 is 0. The number of likely N-dealkylation sites (N-methyl/N-ethyl adjacent to an activating group) is 2. The highest BCUT2D eigenvalue weighted by atomic mass is 32.2. The molecule has 0 aliphatic carbocycles. The molecule has 0 saturated carbocycles. The van der Waals surface area contributed by atoms with E-state index in [2.05, 4.69) is 0 Å². The van der Waals surface area contributed by atoms with Crippen molar-refractivity contribution in [3.63, 3.8) is 0 Å². The minimum absolute atomic E-state index is 0.0243. The molecule has 9 nitrogen and oxygen atoms in total. The van der Waals surface area contributed by atoms with Crippen LogP contribution in [0.5, 0.6) is 0 Å². The van der Waals surface area contributed by atoms with Crippen LogP contribution in [0.2, 0.25) is 0 Å². The van der Waals surface area contributed by atoms with Gasteiger partial charge in [-0.3, -0.25) is 9.59 Å². The second kappa shape index (κ2) is 10.5. The van der Waals surface area contributed by atoms with Crippen LogP contribution < -0.4 is 0 Å². The largest absolute Gasteiger partial charge is 0.459 e. The molecule has 0 spiro atoms. The Morgan fingerprint density at radius 2 is 1.60 bits per heavy atom. The van der Waals surface area contributed by atoms with Crippen LogP contribution in [-0.2, 0) is 24.3 Å². The van der Waals surface area contributed by atoms with Gasteiger partial charge in [0.25, 0.3) is 0 Å². The second-order valence-corrected chi connectivity index (χ2v) is 10.1. The van der Waals surface area contributed by atoms with Crippen LogP contribution in [0.3, 0.4) is 0 Å². The Morgan fingerprint density at radius 3 is 2.07 bits per heavy atom. The quantitative estimate of drug-likeness (QED) is 0.527. The van der Waals surface area contributed by atoms with Crippen molar-refractivity contribution in [2.75, 3.05) is 47.3 Å². The zero-order chi connectivity index (χ0) is 23.1. The van der Waals surface area contributed by atoms with Gasteiger partial charge in [-0.25, -0.2) is 8.42 Å². The third-order valence-corrected chi connectivity index (χ3v) is 5.78. The Morgan fingerprint density at radius 1 is 1.03 bits per heavy atom. The first-order valence-electron chi connectivity index (χ1n) is 9.37. The maximum absolute atomic E-state index is 12.8. The van der Waals surface area contributed by atoms with Crippen LogP contribution in [0.15, 0.2) is 29.2 Å². The molecule has 30 heavy (non-hydrogen) atoms. The Hall–Kier alpha value is -2.48. The van der Waals surface area contributed by atoms with E-state index in [4.69, 9.17) is 10.00 Å². The van der Waals surface area contributed by atoms with Crippen LogP contribution in [-0.4, -0.2) is 87.3 Å². The molecule has 0 aromatic heterocycles. The number of hydrogen-bond donors (Lipinski definition) is 0. The van der Waals surface area contributed by atoms with Gasteiger partial charge in [0.15, 0.2) is 0 Å². The fourth-order valence-corrected chi connectivity index (χ4v) is 3.52. The molecule has 0 atom stereocenters. The van der Waals surface area contributed by atoms with Gasteiger partial charge < -0.3 is 14.5 Å². The van der Waals surface area contributed by atoms with E-state index < -0.39 is 34.0 Å². The molecule has 1 amide bonds. The van der Waals surface area contributed by atoms with E-state index in [0.29, 0.717) is 12.1 Å². The normalized spacial score (nSPS) is 12.0. The maximum atomic E-state index is 12.8. The summed E-state index contributed by atoms with van der Waals surface area (Å²) in [5.41, 5.74) is -0.358. The molecule has 0 aliphatic rings. The minimum Gasteiger partial charge on any atom is -0.459 e. The zero-order valence-corrected chi connectivity index (χ0v) is 19.2. The van der Waals surface area contributed by atoms with E-state index >= 15 is 0 Å². The van der Waals surface area contributed by atoms with Crippen LogP contribution in [0, 0.1) is 11.3 Å². The van der Waals surface area contributed by atoms with E-state index in [0.717, 1.165) is 4.31 Å². The highest BCUT2D eigenvalue weighted by Crippen LogP contribution is 2.15. The summed E-state index contributed by atoms with van der Waals surface area (Å²) in [5, 5.41) is 8.85. The molecule has 10 heteroatoms. The number of carbonyl (C=O) groups excluding carboxylic acids is 2. The molecule has 0 N–H and O–H groups in total. The number of esters is 1. The van der Waals surface area contributed by atoms with Crippen molar-refractivity contribution in [3.05, 3.63) is 29.8 Å². The first-order valence-corrected chi connectivity index (χ1v) is 10.8. The van der Waals surface area contributed by atoms with Crippen molar-refractivity contribution in [1.82, 2.24) is 14.1 Å². The lowest BCUT2D eigenvalue weighted by atomic mass is 10.2. The van der Waals surface area contributed by atoms with E-state index in [1.54, 1.807) is 20.8 Å². The number of nitriles is 1. The summed E-state index contributed by atoms with van der Waals surface area (Å²) in [6.07, 6.45) is 0. The second-order valence-electron chi connectivity index (χ2n) is 8.10. The van der Waals surface area contributed by atoms with Crippen LogP contribution in [0.4, 0.5) is 0 Å². The Bertz CT molecular complexity index is 883. The highest BCUT2D eigenvalue weighted by Gasteiger charge is 2.27. The SMILES string of the molecule is CN(C)CCN(CC(=O)OC(C)(C)C)C(=O)CN(C)S(=O)(=O)c1ccc(C#N)cc1. The first kappa shape index (κ1) is 25.6. The molecule has 0 radical (unpaired) electrons. The number of carbonyl (C=O) groups is 2. The molecular formula is C20H30N4O5S. The maximum Gasteiger partial charge on any atom is 0.326 e. The average Bonchev–Trinajstić information content (AvgIpc) is 2.63. The van der Waals surface area contributed by atoms with Gasteiger partial charge in [0, 0.05) is 20.1 Å². The molecule has 0 fully saturated rings. The third kappa shape index (κ3) is 8.10. The molecule has 0 saturated heterocycles. The number of ether oxygens (including phenoxy) is 1. The summed E-state index contributed by atoms with van der Waals surface area (Å²) in [6, 6.07) is 7.35. The number of benzene rings is 1. The van der Waals surface area contributed by atoms with Crippen molar-refractivity contribution in [2.45, 2.75) is 31.3 Å². The third-order valence-electron chi connectivity index (χ3n) is 3.96. The smallest absolute Gasteiger partial charge is 0.326 e. The lowest BCUT2D eigenvalue weighted by molar-refractivity contribution is -0.159. The van der Waals surface area contributed by atoms with Crippen LogP contribution in [0.1, 0.15) is 26.3 Å². The predicted octanol–water partition coefficient (Wildman–Crippen LogP) is 0.911. The van der Waals surface area contributed by atoms with Gasteiger partial charge in [-0.1, -0.05) is 0 Å². The Balaban J connectivity index is 2.94. The monoisotopic (exact) mass is 438 g/mol. The van der Waals surface area contributed by atoms with Gasteiger partial charge in [0.1, 0.15) is 12.1 Å². The topological polar surface area (TPSA) is 111 Å². The van der Waals surface area contributed by atoms with E-state index in [1.807, 2.05) is 25.1 Å². The predicted molar refractivity (Wildman–Crippen MR) is 112 cm³/mol. The number of amides is 1. The fourth-order valence-electron chi connectivity index (χ4n) is 2.40. The number of sulfonamides is 1. The highest BCUT2D eigenvalue weighted by molar-refractivity contribution is 7.89. The van der Waals surface area contributed by atoms with Crippen molar-refractivity contribution in [3.8, 4) is 6.07 Å². The summed E-state index contributed by atoms with van der Waals surface area (Å²) < 4.78 is 31.7. The number of rotatable bonds is 9. The summed E-state index contributed by atoms with van der Waals surface area (Å²) in [4.78, 5) is 28.1. The molecule has 166 valence electrons. The molecule has 0 heterocycles. The Kier molecular flexibility index (Phi) is 8.96. The molecule has 1 rings (SSSR count).